The van der Waals surface area contributed by atoms with Crippen LogP contribution in [0.3, 0.4) is 0 Å². The predicted molar refractivity (Wildman–Crippen MR) is 115 cm³/mol. The summed E-state index contributed by atoms with van der Waals surface area (Å²) in [7, 11) is 0. The average Bonchev–Trinajstić information content (AvgIpc) is 2.73. The minimum atomic E-state index is -0.214. The Kier molecular flexibility index (Phi) is 6.16. The van der Waals surface area contributed by atoms with Gasteiger partial charge in [-0.2, -0.15) is 0 Å². The summed E-state index contributed by atoms with van der Waals surface area (Å²) in [6.45, 7) is 2.30. The van der Waals surface area contributed by atoms with Crippen molar-refractivity contribution >= 4 is 0 Å². The highest BCUT2D eigenvalue weighted by molar-refractivity contribution is 5.47. The fourth-order valence-corrected chi connectivity index (χ4v) is 5.32. The summed E-state index contributed by atoms with van der Waals surface area (Å²) in [6, 6.07) is 13.2. The van der Waals surface area contributed by atoms with Gasteiger partial charge in [0.25, 0.3) is 0 Å². The Bertz CT molecular complexity index is 852. The summed E-state index contributed by atoms with van der Waals surface area (Å²) in [5, 5.41) is 0. The molecule has 1 saturated carbocycles. The van der Waals surface area contributed by atoms with Crippen LogP contribution in [0.5, 0.6) is 0 Å². The molecule has 0 N–H and O–H groups in total. The summed E-state index contributed by atoms with van der Waals surface area (Å²) in [6.07, 6.45) is 12.4. The van der Waals surface area contributed by atoms with Crippen LogP contribution in [-0.2, 0) is 6.42 Å². The molecule has 0 saturated heterocycles. The molecule has 1 fully saturated rings. The molecule has 2 aromatic carbocycles. The van der Waals surface area contributed by atoms with E-state index in [2.05, 4.69) is 37.0 Å². The first kappa shape index (κ1) is 19.3. The highest BCUT2D eigenvalue weighted by atomic mass is 19.1. The number of unbranched alkanes of at least 4 members (excludes halogenated alkanes) is 2. The van der Waals surface area contributed by atoms with Gasteiger partial charge in [0, 0.05) is 11.1 Å². The van der Waals surface area contributed by atoms with Gasteiger partial charge in [-0.3, -0.25) is 0 Å². The van der Waals surface area contributed by atoms with Crippen molar-refractivity contribution in [3.8, 4) is 11.8 Å². The van der Waals surface area contributed by atoms with E-state index in [1.54, 1.807) is 17.7 Å². The third-order valence-corrected chi connectivity index (χ3v) is 6.83. The number of benzene rings is 2. The van der Waals surface area contributed by atoms with Gasteiger partial charge in [0.15, 0.2) is 0 Å². The van der Waals surface area contributed by atoms with E-state index < -0.39 is 0 Å². The number of aryl methyl sites for hydroxylation is 1. The zero-order valence-electron chi connectivity index (χ0n) is 17.0. The van der Waals surface area contributed by atoms with Crippen LogP contribution in [0.25, 0.3) is 0 Å². The van der Waals surface area contributed by atoms with Crippen LogP contribution >= 0.6 is 0 Å². The maximum Gasteiger partial charge on any atom is 0.123 e. The molecule has 0 radical (unpaired) electrons. The number of rotatable bonds is 4. The molecule has 2 aromatic rings. The van der Waals surface area contributed by atoms with E-state index in [0.717, 1.165) is 28.9 Å². The van der Waals surface area contributed by atoms with Gasteiger partial charge in [-0.15, -0.1) is 0 Å². The molecule has 0 aromatic heterocycles. The molecule has 0 spiro atoms. The second-order valence-corrected chi connectivity index (χ2v) is 8.75. The van der Waals surface area contributed by atoms with E-state index >= 15 is 0 Å². The second-order valence-electron chi connectivity index (χ2n) is 8.75. The Morgan fingerprint density at radius 3 is 2.54 bits per heavy atom. The lowest BCUT2D eigenvalue weighted by atomic mass is 9.64. The van der Waals surface area contributed by atoms with Gasteiger partial charge in [-0.1, -0.05) is 50.5 Å². The Morgan fingerprint density at radius 1 is 0.929 bits per heavy atom. The smallest absolute Gasteiger partial charge is 0.123 e. The standard InChI is InChI=1S/C27H31F/c1-2-3-4-5-21-10-16-26-23(18-21)12-13-24-19-22(11-17-27(24)26)7-6-20-8-14-25(28)15-9-20/h8-9,11,14-15,17,19,21,23,26H,2-5,10,12-13,16,18H2,1H3/t21-,23-,26+/m1/s1. The fraction of sp³-hybridized carbons (Fsp3) is 0.481. The van der Waals surface area contributed by atoms with Crippen molar-refractivity contribution in [3.05, 3.63) is 70.5 Å². The van der Waals surface area contributed by atoms with Crippen LogP contribution in [0.2, 0.25) is 0 Å². The third kappa shape index (κ3) is 4.49. The van der Waals surface area contributed by atoms with E-state index in [-0.39, 0.29) is 5.82 Å². The summed E-state index contributed by atoms with van der Waals surface area (Å²) in [4.78, 5) is 0. The molecule has 1 heteroatoms. The molecule has 0 nitrogen and oxygen atoms in total. The maximum absolute atomic E-state index is 13.0. The van der Waals surface area contributed by atoms with Gasteiger partial charge in [-0.05, 0) is 97.4 Å². The molecule has 0 aliphatic heterocycles. The van der Waals surface area contributed by atoms with E-state index in [4.69, 9.17) is 0 Å². The first-order chi connectivity index (χ1) is 13.7. The first-order valence-corrected chi connectivity index (χ1v) is 11.1. The van der Waals surface area contributed by atoms with Crippen LogP contribution in [0.15, 0.2) is 42.5 Å². The molecule has 0 unspecified atom stereocenters. The van der Waals surface area contributed by atoms with E-state index in [1.807, 2.05) is 0 Å². The predicted octanol–water partition coefficient (Wildman–Crippen LogP) is 7.25. The first-order valence-electron chi connectivity index (χ1n) is 11.1. The van der Waals surface area contributed by atoms with Crippen LogP contribution in [0.4, 0.5) is 4.39 Å². The lowest BCUT2D eigenvalue weighted by Gasteiger charge is -2.40. The number of halogens is 1. The van der Waals surface area contributed by atoms with Gasteiger partial charge in [0.1, 0.15) is 5.82 Å². The zero-order chi connectivity index (χ0) is 19.3. The molecule has 28 heavy (non-hydrogen) atoms. The quantitative estimate of drug-likeness (QED) is 0.390. The summed E-state index contributed by atoms with van der Waals surface area (Å²) in [5.41, 5.74) is 5.04. The molecule has 146 valence electrons. The van der Waals surface area contributed by atoms with E-state index in [1.165, 1.54) is 75.5 Å². The Hall–Kier alpha value is -2.07. The lowest BCUT2D eigenvalue weighted by molar-refractivity contribution is 0.199. The normalized spacial score (nSPS) is 23.3. The fourth-order valence-electron chi connectivity index (χ4n) is 5.32. The summed E-state index contributed by atoms with van der Waals surface area (Å²) >= 11 is 0. The molecular weight excluding hydrogens is 343 g/mol. The number of hydrogen-bond donors (Lipinski definition) is 0. The van der Waals surface area contributed by atoms with Crippen LogP contribution in [0.1, 0.15) is 86.5 Å². The molecule has 0 amide bonds. The lowest BCUT2D eigenvalue weighted by Crippen LogP contribution is -2.28. The van der Waals surface area contributed by atoms with Gasteiger partial charge in [0.2, 0.25) is 0 Å². The molecule has 2 aliphatic carbocycles. The highest BCUT2D eigenvalue weighted by Crippen LogP contribution is 2.47. The van der Waals surface area contributed by atoms with Crippen molar-refractivity contribution in [1.29, 1.82) is 0 Å². The van der Waals surface area contributed by atoms with E-state index in [9.17, 15) is 4.39 Å². The minimum absolute atomic E-state index is 0.214. The van der Waals surface area contributed by atoms with Crippen molar-refractivity contribution in [2.75, 3.05) is 0 Å². The summed E-state index contributed by atoms with van der Waals surface area (Å²) < 4.78 is 13.0. The summed E-state index contributed by atoms with van der Waals surface area (Å²) in [5.74, 6) is 8.85. The van der Waals surface area contributed by atoms with Crippen LogP contribution in [0, 0.1) is 29.5 Å². The van der Waals surface area contributed by atoms with Crippen molar-refractivity contribution in [2.24, 2.45) is 11.8 Å². The highest BCUT2D eigenvalue weighted by Gasteiger charge is 2.34. The van der Waals surface area contributed by atoms with Gasteiger partial charge < -0.3 is 0 Å². The third-order valence-electron chi connectivity index (χ3n) is 6.83. The van der Waals surface area contributed by atoms with Crippen molar-refractivity contribution in [3.63, 3.8) is 0 Å². The second kappa shape index (κ2) is 8.95. The van der Waals surface area contributed by atoms with E-state index in [0.29, 0.717) is 0 Å². The molecule has 0 heterocycles. The largest absolute Gasteiger partial charge is 0.207 e. The van der Waals surface area contributed by atoms with Crippen molar-refractivity contribution in [1.82, 2.24) is 0 Å². The SMILES string of the molecule is CCCCC[C@@H]1CC[C@@H]2c3ccc(C#Cc4ccc(F)cc4)cc3CC[C@@H]2C1. The Morgan fingerprint density at radius 2 is 1.71 bits per heavy atom. The number of hydrogen-bond acceptors (Lipinski definition) is 0. The average molecular weight is 375 g/mol. The number of fused-ring (bicyclic) bond motifs is 3. The zero-order valence-corrected chi connectivity index (χ0v) is 17.0. The molecule has 2 aliphatic rings. The molecule has 0 bridgehead atoms. The van der Waals surface area contributed by atoms with Crippen LogP contribution < -0.4 is 0 Å². The van der Waals surface area contributed by atoms with Gasteiger partial charge in [-0.25, -0.2) is 4.39 Å². The molecular formula is C27H31F. The Labute approximate surface area is 169 Å². The Balaban J connectivity index is 1.44. The van der Waals surface area contributed by atoms with Crippen molar-refractivity contribution < 1.29 is 4.39 Å². The minimum Gasteiger partial charge on any atom is -0.207 e. The van der Waals surface area contributed by atoms with Gasteiger partial charge >= 0.3 is 0 Å². The molecule has 4 rings (SSSR count). The monoisotopic (exact) mass is 374 g/mol. The maximum atomic E-state index is 13.0. The topological polar surface area (TPSA) is 0 Å². The van der Waals surface area contributed by atoms with Crippen molar-refractivity contribution in [2.45, 2.75) is 70.6 Å². The van der Waals surface area contributed by atoms with Crippen LogP contribution in [-0.4, -0.2) is 0 Å². The molecule has 3 atom stereocenters. The van der Waals surface area contributed by atoms with Gasteiger partial charge in [0.05, 0.1) is 0 Å².